The minimum Gasteiger partial charge on any atom is -0.481 e. The second-order valence-corrected chi connectivity index (χ2v) is 7.57. The monoisotopic (exact) mass is 395 g/mol. The Balaban J connectivity index is 2.69. The van der Waals surface area contributed by atoms with Crippen LogP contribution in [0.3, 0.4) is 0 Å². The summed E-state index contributed by atoms with van der Waals surface area (Å²) in [6, 6.07) is 0. The number of hydrogen-bond acceptors (Lipinski definition) is 5. The number of allylic oxidation sites excluding steroid dienone is 3. The fraction of sp³-hybridized carbons (Fsp3) is 0.714. The lowest BCUT2D eigenvalue weighted by Crippen LogP contribution is -2.21. The van der Waals surface area contributed by atoms with Crippen LogP contribution in [-0.2, 0) is 9.59 Å². The number of aliphatic carboxylic acids is 1. The Morgan fingerprint density at radius 3 is 2.71 bits per heavy atom. The van der Waals surface area contributed by atoms with Crippen LogP contribution in [0, 0.1) is 27.9 Å². The lowest BCUT2D eigenvalue weighted by atomic mass is 9.86. The maximum atomic E-state index is 12.4. The largest absolute Gasteiger partial charge is 0.481 e. The molecule has 28 heavy (non-hydrogen) atoms. The van der Waals surface area contributed by atoms with Crippen LogP contribution in [-0.4, -0.2) is 39.5 Å². The number of rotatable bonds is 14. The van der Waals surface area contributed by atoms with Crippen molar-refractivity contribution in [2.45, 2.75) is 70.8 Å². The van der Waals surface area contributed by atoms with Crippen molar-refractivity contribution in [3.05, 3.63) is 34.4 Å². The van der Waals surface area contributed by atoms with Gasteiger partial charge in [0.05, 0.1) is 6.10 Å². The highest BCUT2D eigenvalue weighted by Gasteiger charge is 2.42. The maximum Gasteiger partial charge on any atom is 0.303 e. The van der Waals surface area contributed by atoms with Gasteiger partial charge < -0.3 is 10.2 Å². The molecule has 1 aliphatic carbocycles. The Kier molecular flexibility index (Phi) is 11.3. The molecule has 1 rings (SSSR count). The molecule has 1 aliphatic rings. The number of carbonyl (C=O) groups is 2. The van der Waals surface area contributed by atoms with Gasteiger partial charge in [0.2, 0.25) is 6.54 Å². The van der Waals surface area contributed by atoms with Crippen LogP contribution in [0.15, 0.2) is 24.3 Å². The summed E-state index contributed by atoms with van der Waals surface area (Å²) < 4.78 is 0. The van der Waals surface area contributed by atoms with E-state index in [0.29, 0.717) is 25.7 Å². The van der Waals surface area contributed by atoms with Crippen molar-refractivity contribution in [3.8, 4) is 0 Å². The molecule has 0 spiro atoms. The number of aliphatic hydroxyl groups excluding tert-OH is 1. The molecule has 0 aliphatic heterocycles. The average molecular weight is 395 g/mol. The van der Waals surface area contributed by atoms with Gasteiger partial charge in [0.1, 0.15) is 5.78 Å². The first-order valence-electron chi connectivity index (χ1n) is 10.2. The van der Waals surface area contributed by atoms with Crippen molar-refractivity contribution in [1.29, 1.82) is 0 Å². The summed E-state index contributed by atoms with van der Waals surface area (Å²) >= 11 is 0. The van der Waals surface area contributed by atoms with Crippen molar-refractivity contribution < 1.29 is 24.7 Å². The summed E-state index contributed by atoms with van der Waals surface area (Å²) in [5.41, 5.74) is 0. The topological polar surface area (TPSA) is 118 Å². The van der Waals surface area contributed by atoms with Gasteiger partial charge in [-0.15, -0.1) is 0 Å². The normalized spacial score (nSPS) is 23.6. The molecular formula is C21H33NO6. The van der Waals surface area contributed by atoms with E-state index in [4.69, 9.17) is 5.11 Å². The summed E-state index contributed by atoms with van der Waals surface area (Å²) in [6.07, 6.45) is 12.3. The van der Waals surface area contributed by atoms with Gasteiger partial charge in [-0.2, -0.15) is 0 Å². The number of carboxylic acids is 1. The van der Waals surface area contributed by atoms with Crippen LogP contribution in [0.2, 0.25) is 0 Å². The molecule has 0 heterocycles. The van der Waals surface area contributed by atoms with E-state index < -0.39 is 12.1 Å². The lowest BCUT2D eigenvalue weighted by molar-refractivity contribution is -0.489. The molecule has 0 aromatic heterocycles. The van der Waals surface area contributed by atoms with Crippen LogP contribution in [0.25, 0.3) is 0 Å². The predicted octanol–water partition coefficient (Wildman–Crippen LogP) is 3.78. The van der Waals surface area contributed by atoms with Gasteiger partial charge in [0.15, 0.2) is 0 Å². The van der Waals surface area contributed by atoms with E-state index in [-0.39, 0.29) is 47.8 Å². The maximum absolute atomic E-state index is 12.4. The molecule has 0 saturated heterocycles. The summed E-state index contributed by atoms with van der Waals surface area (Å²) in [7, 11) is 0. The number of hydrogen-bond donors (Lipinski definition) is 2. The first-order chi connectivity index (χ1) is 13.3. The molecule has 2 N–H and O–H groups in total. The number of carboxylic acid groups (broad SMARTS) is 1. The van der Waals surface area contributed by atoms with Crippen LogP contribution in [0.5, 0.6) is 0 Å². The zero-order valence-electron chi connectivity index (χ0n) is 16.7. The zero-order valence-corrected chi connectivity index (χ0v) is 16.7. The fourth-order valence-corrected chi connectivity index (χ4v) is 3.73. The molecule has 0 radical (unpaired) electrons. The van der Waals surface area contributed by atoms with Crippen molar-refractivity contribution in [1.82, 2.24) is 0 Å². The Morgan fingerprint density at radius 2 is 2.07 bits per heavy atom. The van der Waals surface area contributed by atoms with Crippen LogP contribution >= 0.6 is 0 Å². The molecule has 7 heteroatoms. The minimum absolute atomic E-state index is 0.0251. The van der Waals surface area contributed by atoms with E-state index in [1.807, 2.05) is 12.2 Å². The molecule has 1 saturated carbocycles. The number of nitrogens with zero attached hydrogens (tertiary/aromatic N) is 1. The van der Waals surface area contributed by atoms with Gasteiger partial charge >= 0.3 is 5.97 Å². The molecule has 3 unspecified atom stereocenters. The molecule has 0 aromatic carbocycles. The van der Waals surface area contributed by atoms with E-state index in [2.05, 4.69) is 6.92 Å². The summed E-state index contributed by atoms with van der Waals surface area (Å²) in [5, 5.41) is 29.7. The van der Waals surface area contributed by atoms with Gasteiger partial charge in [-0.25, -0.2) is 0 Å². The zero-order chi connectivity index (χ0) is 20.9. The third-order valence-electron chi connectivity index (χ3n) is 5.25. The molecule has 4 atom stereocenters. The van der Waals surface area contributed by atoms with E-state index in [0.717, 1.165) is 19.3 Å². The Morgan fingerprint density at radius 1 is 1.32 bits per heavy atom. The molecule has 1 fully saturated rings. The number of Topliss-reactive ketones (excluding diaryl/α,β-unsaturated/α-hetero) is 1. The first-order valence-corrected chi connectivity index (χ1v) is 10.2. The minimum atomic E-state index is -0.829. The highest BCUT2D eigenvalue weighted by atomic mass is 16.6. The lowest BCUT2D eigenvalue weighted by Gasteiger charge is -2.18. The third-order valence-corrected chi connectivity index (χ3v) is 5.25. The van der Waals surface area contributed by atoms with Crippen LogP contribution < -0.4 is 0 Å². The summed E-state index contributed by atoms with van der Waals surface area (Å²) in [6.45, 7) is 1.85. The Labute approximate surface area is 166 Å². The van der Waals surface area contributed by atoms with Crippen molar-refractivity contribution in [3.63, 3.8) is 0 Å². The summed E-state index contributed by atoms with van der Waals surface area (Å²) in [4.78, 5) is 33.5. The van der Waals surface area contributed by atoms with Gasteiger partial charge in [0.25, 0.3) is 0 Å². The third kappa shape index (κ3) is 9.26. The van der Waals surface area contributed by atoms with Gasteiger partial charge in [0, 0.05) is 29.6 Å². The highest BCUT2D eigenvalue weighted by Crippen LogP contribution is 2.38. The number of ketones is 1. The van der Waals surface area contributed by atoms with Crippen molar-refractivity contribution in [2.75, 3.05) is 6.54 Å². The van der Waals surface area contributed by atoms with Crippen LogP contribution in [0.1, 0.15) is 64.7 Å². The average Bonchev–Trinajstić information content (AvgIpc) is 2.90. The van der Waals surface area contributed by atoms with Gasteiger partial charge in [-0.1, -0.05) is 50.5 Å². The number of nitro groups is 1. The molecule has 0 aromatic rings. The standard InChI is InChI=1S/C21H33NO6/c1-2-3-6-9-17(23)12-13-18-16(15-22(27)28)14-20(24)19(18)10-7-4-5-8-11-21(25)26/h4,7,12-13,16-19,23H,2-3,5-6,8-11,14-15H2,1H3,(H,25,26)/t16?,17-,18?,19?/m1/s1. The Bertz CT molecular complexity index is 571. The molecular weight excluding hydrogens is 362 g/mol. The predicted molar refractivity (Wildman–Crippen MR) is 106 cm³/mol. The van der Waals surface area contributed by atoms with Gasteiger partial charge in [-0.05, 0) is 31.6 Å². The number of aliphatic hydroxyl groups is 1. The molecule has 0 amide bonds. The summed E-state index contributed by atoms with van der Waals surface area (Å²) in [5.74, 6) is -1.71. The van der Waals surface area contributed by atoms with E-state index in [1.54, 1.807) is 12.2 Å². The number of unbranched alkanes of at least 4 members (excludes halogenated alkanes) is 3. The molecule has 7 nitrogen and oxygen atoms in total. The van der Waals surface area contributed by atoms with Gasteiger partial charge in [-0.3, -0.25) is 19.7 Å². The molecule has 0 bridgehead atoms. The van der Waals surface area contributed by atoms with E-state index in [9.17, 15) is 24.8 Å². The highest BCUT2D eigenvalue weighted by molar-refractivity contribution is 5.84. The van der Waals surface area contributed by atoms with E-state index >= 15 is 0 Å². The second kappa shape index (κ2) is 13.2. The smallest absolute Gasteiger partial charge is 0.303 e. The SMILES string of the molecule is CCCCC[C@@H](O)C=CC1C(C[N+](=O)[O-])CC(=O)C1CC=CCCCC(=O)O. The van der Waals surface area contributed by atoms with Crippen molar-refractivity contribution >= 4 is 11.8 Å². The van der Waals surface area contributed by atoms with E-state index in [1.165, 1.54) is 0 Å². The number of carbonyl (C=O) groups excluding carboxylic acids is 1. The second-order valence-electron chi connectivity index (χ2n) is 7.57. The van der Waals surface area contributed by atoms with Crippen LogP contribution in [0.4, 0.5) is 0 Å². The quantitative estimate of drug-likeness (QED) is 0.200. The first kappa shape index (κ1) is 24.0. The Hall–Kier alpha value is -2.02. The van der Waals surface area contributed by atoms with Crippen molar-refractivity contribution in [2.24, 2.45) is 17.8 Å². The fourth-order valence-electron chi connectivity index (χ4n) is 3.73. The molecule has 158 valence electrons.